The van der Waals surface area contributed by atoms with Crippen LogP contribution >= 0.6 is 0 Å². The smallest absolute Gasteiger partial charge is 0.269 e. The van der Waals surface area contributed by atoms with Gasteiger partial charge in [-0.05, 0) is 31.0 Å². The van der Waals surface area contributed by atoms with Gasteiger partial charge < -0.3 is 20.8 Å². The van der Waals surface area contributed by atoms with Crippen LogP contribution < -0.4 is 5.73 Å². The first-order chi connectivity index (χ1) is 13.4. The number of carbonyl (C=O) groups excluding carboxylic acids is 2. The second kappa shape index (κ2) is 8.25. The van der Waals surface area contributed by atoms with Crippen LogP contribution in [0.25, 0.3) is 5.69 Å². The van der Waals surface area contributed by atoms with E-state index in [4.69, 9.17) is 5.73 Å². The van der Waals surface area contributed by atoms with Gasteiger partial charge in [-0.25, -0.2) is 4.68 Å². The molecular formula is C20H22N4O4. The molecule has 1 aromatic heterocycles. The summed E-state index contributed by atoms with van der Waals surface area (Å²) >= 11 is 0. The molecule has 0 saturated carbocycles. The van der Waals surface area contributed by atoms with Crippen LogP contribution in [0.15, 0.2) is 24.3 Å². The van der Waals surface area contributed by atoms with Gasteiger partial charge in [-0.3, -0.25) is 9.59 Å². The molecule has 1 aromatic carbocycles. The Morgan fingerprint density at radius 3 is 3.04 bits per heavy atom. The molecule has 2 aromatic rings. The number of benzene rings is 1. The van der Waals surface area contributed by atoms with Crippen molar-refractivity contribution in [3.8, 4) is 17.5 Å². The molecule has 0 radical (unpaired) electrons. The van der Waals surface area contributed by atoms with Crippen LogP contribution in [0.4, 0.5) is 0 Å². The Labute approximate surface area is 162 Å². The molecule has 0 fully saturated rings. The highest BCUT2D eigenvalue weighted by molar-refractivity contribution is 5.93. The number of aromatic nitrogens is 2. The maximum absolute atomic E-state index is 11.7. The van der Waals surface area contributed by atoms with Gasteiger partial charge in [-0.15, -0.1) is 0 Å². The molecule has 28 heavy (non-hydrogen) atoms. The summed E-state index contributed by atoms with van der Waals surface area (Å²) in [5.74, 6) is 5.00. The number of nitrogens with two attached hydrogens (primary N) is 1. The molecule has 4 N–H and O–H groups in total. The summed E-state index contributed by atoms with van der Waals surface area (Å²) in [5.41, 5.74) is 8.13. The third-order valence-electron chi connectivity index (χ3n) is 4.65. The molecule has 1 aliphatic carbocycles. The number of hydrogen-bond acceptors (Lipinski definition) is 5. The largest absolute Gasteiger partial charge is 0.388 e. The van der Waals surface area contributed by atoms with Gasteiger partial charge >= 0.3 is 0 Å². The van der Waals surface area contributed by atoms with Gasteiger partial charge in [0.1, 0.15) is 6.10 Å². The highest BCUT2D eigenvalue weighted by atomic mass is 16.3. The fourth-order valence-corrected chi connectivity index (χ4v) is 3.20. The van der Waals surface area contributed by atoms with Crippen LogP contribution in [-0.4, -0.2) is 56.9 Å². The van der Waals surface area contributed by atoms with Crippen molar-refractivity contribution in [3.63, 3.8) is 0 Å². The summed E-state index contributed by atoms with van der Waals surface area (Å²) in [6, 6.07) is 7.22. The summed E-state index contributed by atoms with van der Waals surface area (Å²) in [4.78, 5) is 23.7. The average molecular weight is 382 g/mol. The normalized spacial score (nSPS) is 16.0. The number of primary amides is 1. The lowest BCUT2D eigenvalue weighted by Gasteiger charge is -2.10. The van der Waals surface area contributed by atoms with Crippen molar-refractivity contribution in [2.45, 2.75) is 31.5 Å². The van der Waals surface area contributed by atoms with Gasteiger partial charge in [0.05, 0.1) is 17.5 Å². The lowest BCUT2D eigenvalue weighted by Crippen LogP contribution is -2.21. The van der Waals surface area contributed by atoms with Crippen molar-refractivity contribution >= 4 is 12.3 Å². The predicted octanol–water partition coefficient (Wildman–Crippen LogP) is 0.141. The molecule has 0 spiro atoms. The Bertz CT molecular complexity index is 957. The molecule has 8 nitrogen and oxygen atoms in total. The summed E-state index contributed by atoms with van der Waals surface area (Å²) in [5, 5.41) is 24.4. The Hall–Kier alpha value is -3.15. The average Bonchev–Trinajstić information content (AvgIpc) is 3.25. The summed E-state index contributed by atoms with van der Waals surface area (Å²) < 4.78 is 1.62. The number of aliphatic hydroxyl groups excluding tert-OH is 2. The number of aliphatic hydroxyl groups is 2. The van der Waals surface area contributed by atoms with E-state index in [9.17, 15) is 19.8 Å². The first-order valence-electron chi connectivity index (χ1n) is 8.96. The van der Waals surface area contributed by atoms with Crippen LogP contribution in [-0.2, 0) is 11.2 Å². The monoisotopic (exact) mass is 382 g/mol. The van der Waals surface area contributed by atoms with Crippen molar-refractivity contribution in [1.29, 1.82) is 0 Å². The van der Waals surface area contributed by atoms with E-state index in [1.165, 1.54) is 4.90 Å². The van der Waals surface area contributed by atoms with Crippen LogP contribution in [0.5, 0.6) is 0 Å². The van der Waals surface area contributed by atoms with Gasteiger partial charge in [-0.1, -0.05) is 17.9 Å². The molecule has 146 valence electrons. The molecule has 2 unspecified atom stereocenters. The third-order valence-corrected chi connectivity index (χ3v) is 4.65. The fraction of sp³-hybridized carbons (Fsp3) is 0.350. The first kappa shape index (κ1) is 19.6. The number of carbonyl (C=O) groups is 2. The van der Waals surface area contributed by atoms with E-state index in [0.717, 1.165) is 5.69 Å². The van der Waals surface area contributed by atoms with Gasteiger partial charge in [0, 0.05) is 31.1 Å². The first-order valence-corrected chi connectivity index (χ1v) is 8.96. The Balaban J connectivity index is 1.85. The van der Waals surface area contributed by atoms with Gasteiger partial charge in [-0.2, -0.15) is 5.10 Å². The van der Waals surface area contributed by atoms with Crippen LogP contribution in [0.3, 0.4) is 0 Å². The van der Waals surface area contributed by atoms with E-state index < -0.39 is 18.1 Å². The van der Waals surface area contributed by atoms with Crippen LogP contribution in [0, 0.1) is 11.8 Å². The van der Waals surface area contributed by atoms with E-state index in [-0.39, 0.29) is 5.69 Å². The SMILES string of the molecule is CN(C=O)CCC(O)C#Cc1cccc(-n2nc(C(N)=O)c3c2CCC3O)c1. The lowest BCUT2D eigenvalue weighted by molar-refractivity contribution is -0.117. The highest BCUT2D eigenvalue weighted by Crippen LogP contribution is 2.35. The molecule has 3 rings (SSSR count). The molecule has 8 heteroatoms. The number of fused-ring (bicyclic) bond motifs is 1. The van der Waals surface area contributed by atoms with Gasteiger partial charge in [0.2, 0.25) is 6.41 Å². The zero-order chi connectivity index (χ0) is 20.3. The van der Waals surface area contributed by atoms with E-state index in [1.54, 1.807) is 29.9 Å². The molecule has 1 aliphatic rings. The Morgan fingerprint density at radius 2 is 2.32 bits per heavy atom. The predicted molar refractivity (Wildman–Crippen MR) is 102 cm³/mol. The quantitative estimate of drug-likeness (QED) is 0.485. The zero-order valence-electron chi connectivity index (χ0n) is 15.5. The Morgan fingerprint density at radius 1 is 1.54 bits per heavy atom. The summed E-state index contributed by atoms with van der Waals surface area (Å²) in [7, 11) is 1.64. The van der Waals surface area contributed by atoms with E-state index in [0.29, 0.717) is 49.0 Å². The fourth-order valence-electron chi connectivity index (χ4n) is 3.20. The number of nitrogens with zero attached hydrogens (tertiary/aromatic N) is 3. The minimum Gasteiger partial charge on any atom is -0.388 e. The lowest BCUT2D eigenvalue weighted by atomic mass is 10.1. The third kappa shape index (κ3) is 4.06. The topological polar surface area (TPSA) is 122 Å². The standard InChI is InChI=1S/C20H22N4O4/c1-23(12-25)10-9-15(26)6-5-13-3-2-4-14(11-13)24-16-7-8-17(27)18(16)19(22-24)20(21)28/h2-4,11-12,15,17,26-27H,7-10H2,1H3,(H2,21,28). The molecule has 2 amide bonds. The van der Waals surface area contributed by atoms with E-state index in [2.05, 4.69) is 16.9 Å². The number of rotatable bonds is 6. The second-order valence-corrected chi connectivity index (χ2v) is 6.75. The molecule has 0 bridgehead atoms. The maximum atomic E-state index is 11.7. The highest BCUT2D eigenvalue weighted by Gasteiger charge is 2.32. The minimum atomic E-state index is -0.850. The summed E-state index contributed by atoms with van der Waals surface area (Å²) in [6.45, 7) is 0.414. The van der Waals surface area contributed by atoms with Crippen LogP contribution in [0.2, 0.25) is 0 Å². The van der Waals surface area contributed by atoms with Crippen molar-refractivity contribution in [2.75, 3.05) is 13.6 Å². The van der Waals surface area contributed by atoms with Crippen molar-refractivity contribution in [2.24, 2.45) is 5.73 Å². The van der Waals surface area contributed by atoms with Crippen molar-refractivity contribution in [1.82, 2.24) is 14.7 Å². The maximum Gasteiger partial charge on any atom is 0.269 e. The summed E-state index contributed by atoms with van der Waals surface area (Å²) in [6.07, 6.45) is 0.576. The van der Waals surface area contributed by atoms with Gasteiger partial charge in [0.15, 0.2) is 5.69 Å². The minimum absolute atomic E-state index is 0.0891. The van der Waals surface area contributed by atoms with Crippen LogP contribution in [0.1, 0.15) is 46.3 Å². The van der Waals surface area contributed by atoms with E-state index >= 15 is 0 Å². The molecule has 0 saturated heterocycles. The number of hydrogen-bond donors (Lipinski definition) is 3. The zero-order valence-corrected chi connectivity index (χ0v) is 15.5. The molecular weight excluding hydrogens is 360 g/mol. The van der Waals surface area contributed by atoms with Gasteiger partial charge in [0.25, 0.3) is 5.91 Å². The van der Waals surface area contributed by atoms with Crippen molar-refractivity contribution in [3.05, 3.63) is 46.8 Å². The Kier molecular flexibility index (Phi) is 5.78. The molecule has 2 atom stereocenters. The van der Waals surface area contributed by atoms with Crippen molar-refractivity contribution < 1.29 is 19.8 Å². The molecule has 0 aliphatic heterocycles. The number of amides is 2. The molecule has 1 heterocycles. The van der Waals surface area contributed by atoms with E-state index in [1.807, 2.05) is 6.07 Å². The second-order valence-electron chi connectivity index (χ2n) is 6.75.